The van der Waals surface area contributed by atoms with Crippen LogP contribution >= 0.6 is 12.4 Å². The van der Waals surface area contributed by atoms with Crippen LogP contribution in [0.25, 0.3) is 11.0 Å². The van der Waals surface area contributed by atoms with E-state index in [2.05, 4.69) is 5.32 Å². The minimum Gasteiger partial charge on any atom is -0.459 e. The number of halogens is 1. The lowest BCUT2D eigenvalue weighted by atomic mass is 9.81. The van der Waals surface area contributed by atoms with Crippen LogP contribution in [-0.2, 0) is 4.79 Å². The first-order valence-corrected chi connectivity index (χ1v) is 8.09. The van der Waals surface area contributed by atoms with Crippen molar-refractivity contribution in [1.82, 2.24) is 5.32 Å². The van der Waals surface area contributed by atoms with E-state index >= 15 is 0 Å². The fourth-order valence-electron chi connectivity index (χ4n) is 3.42. The van der Waals surface area contributed by atoms with E-state index < -0.39 is 5.54 Å². The van der Waals surface area contributed by atoms with Crippen LogP contribution in [0.3, 0.4) is 0 Å². The van der Waals surface area contributed by atoms with Gasteiger partial charge in [-0.15, -0.1) is 12.4 Å². The van der Waals surface area contributed by atoms with Crippen LogP contribution in [0.2, 0.25) is 0 Å². The van der Waals surface area contributed by atoms with Crippen LogP contribution in [0.4, 0.5) is 0 Å². The number of fused-ring (bicyclic) bond motifs is 1. The number of para-hydroxylation sites is 1. The lowest BCUT2D eigenvalue weighted by Crippen LogP contribution is -2.55. The third-order valence-electron chi connectivity index (χ3n) is 4.82. The van der Waals surface area contributed by atoms with Gasteiger partial charge in [0, 0.05) is 10.9 Å². The van der Waals surface area contributed by atoms with E-state index in [1.807, 2.05) is 38.1 Å². The van der Waals surface area contributed by atoms with Gasteiger partial charge in [-0.25, -0.2) is 0 Å². The van der Waals surface area contributed by atoms with E-state index in [0.29, 0.717) is 0 Å². The number of carbonyl (C=O) groups is 1. The molecule has 126 valence electrons. The van der Waals surface area contributed by atoms with E-state index in [-0.39, 0.29) is 24.4 Å². The molecule has 0 saturated heterocycles. The molecule has 1 aromatic heterocycles. The Hall–Kier alpha value is -1.52. The fraction of sp³-hybridized carbons (Fsp3) is 0.500. The highest BCUT2D eigenvalue weighted by atomic mass is 35.5. The number of benzene rings is 1. The topological polar surface area (TPSA) is 68.3 Å². The van der Waals surface area contributed by atoms with Crippen LogP contribution < -0.4 is 11.1 Å². The number of hydrogen-bond acceptors (Lipinski definition) is 3. The second-order valence-corrected chi connectivity index (χ2v) is 6.50. The maximum absolute atomic E-state index is 12.6. The Bertz CT molecular complexity index is 689. The van der Waals surface area contributed by atoms with Crippen molar-refractivity contribution in [1.29, 1.82) is 0 Å². The minimum atomic E-state index is -0.716. The number of aryl methyl sites for hydroxylation is 1. The smallest absolute Gasteiger partial charge is 0.240 e. The van der Waals surface area contributed by atoms with E-state index in [1.165, 1.54) is 6.42 Å². The first-order chi connectivity index (χ1) is 10.5. The SMILES string of the molecule is Cc1c(C(C)NC(=O)C2(N)CCCCC2)oc2ccccc12.Cl. The van der Waals surface area contributed by atoms with Crippen molar-refractivity contribution in [3.63, 3.8) is 0 Å². The van der Waals surface area contributed by atoms with Crippen molar-refractivity contribution in [2.24, 2.45) is 5.73 Å². The third kappa shape index (κ3) is 3.38. The Morgan fingerprint density at radius 3 is 2.57 bits per heavy atom. The van der Waals surface area contributed by atoms with Gasteiger partial charge in [-0.2, -0.15) is 0 Å². The van der Waals surface area contributed by atoms with Crippen LogP contribution in [0.15, 0.2) is 28.7 Å². The molecule has 1 atom stereocenters. The van der Waals surface area contributed by atoms with Crippen LogP contribution in [0.1, 0.15) is 56.4 Å². The molecule has 2 aromatic rings. The number of nitrogens with one attached hydrogen (secondary N) is 1. The van der Waals surface area contributed by atoms with Gasteiger partial charge in [-0.05, 0) is 32.8 Å². The molecule has 1 aliphatic carbocycles. The molecule has 3 N–H and O–H groups in total. The molecule has 0 radical (unpaired) electrons. The molecule has 1 amide bonds. The zero-order chi connectivity index (χ0) is 15.7. The van der Waals surface area contributed by atoms with Gasteiger partial charge < -0.3 is 15.5 Å². The zero-order valence-corrected chi connectivity index (χ0v) is 14.5. The summed E-state index contributed by atoms with van der Waals surface area (Å²) in [7, 11) is 0. The molecule has 1 heterocycles. The van der Waals surface area contributed by atoms with E-state index in [1.54, 1.807) is 0 Å². The van der Waals surface area contributed by atoms with Crippen LogP contribution in [0, 0.1) is 6.92 Å². The summed E-state index contributed by atoms with van der Waals surface area (Å²) >= 11 is 0. The van der Waals surface area contributed by atoms with Crippen LogP contribution in [0.5, 0.6) is 0 Å². The highest BCUT2D eigenvalue weighted by Crippen LogP contribution is 2.31. The molecule has 0 aliphatic heterocycles. The van der Waals surface area contributed by atoms with Crippen molar-refractivity contribution in [2.75, 3.05) is 0 Å². The first-order valence-electron chi connectivity index (χ1n) is 8.09. The third-order valence-corrected chi connectivity index (χ3v) is 4.82. The molecule has 1 fully saturated rings. The molecule has 0 bridgehead atoms. The van der Waals surface area contributed by atoms with E-state index in [0.717, 1.165) is 48.0 Å². The zero-order valence-electron chi connectivity index (χ0n) is 13.7. The number of amides is 1. The van der Waals surface area contributed by atoms with Gasteiger partial charge in [0.2, 0.25) is 5.91 Å². The molecule has 23 heavy (non-hydrogen) atoms. The van der Waals surface area contributed by atoms with E-state index in [9.17, 15) is 4.79 Å². The summed E-state index contributed by atoms with van der Waals surface area (Å²) in [5, 5.41) is 4.15. The van der Waals surface area contributed by atoms with Gasteiger partial charge in [0.15, 0.2) is 0 Å². The van der Waals surface area contributed by atoms with Crippen molar-refractivity contribution < 1.29 is 9.21 Å². The Morgan fingerprint density at radius 1 is 1.26 bits per heavy atom. The first kappa shape index (κ1) is 17.8. The largest absolute Gasteiger partial charge is 0.459 e. The average molecular weight is 337 g/mol. The summed E-state index contributed by atoms with van der Waals surface area (Å²) in [5.41, 5.74) is 7.52. The second kappa shape index (κ2) is 6.93. The van der Waals surface area contributed by atoms with Crippen molar-refractivity contribution >= 4 is 29.3 Å². The fourth-order valence-corrected chi connectivity index (χ4v) is 3.42. The number of furan rings is 1. The molecule has 1 aliphatic rings. The van der Waals surface area contributed by atoms with Crippen LogP contribution in [-0.4, -0.2) is 11.4 Å². The Kier molecular flexibility index (Phi) is 5.37. The standard InChI is InChI=1S/C18H24N2O2.ClH/c1-12-14-8-4-5-9-15(14)22-16(12)13(2)20-17(21)18(19)10-6-3-7-11-18;/h4-5,8-9,13H,3,6-7,10-11,19H2,1-2H3,(H,20,21);1H. The monoisotopic (exact) mass is 336 g/mol. The summed E-state index contributed by atoms with van der Waals surface area (Å²) in [5.74, 6) is 0.758. The number of nitrogens with two attached hydrogens (primary N) is 1. The predicted octanol–water partition coefficient (Wildman–Crippen LogP) is 4.00. The molecular formula is C18H25ClN2O2. The predicted molar refractivity (Wildman–Crippen MR) is 94.8 cm³/mol. The number of rotatable bonds is 3. The Morgan fingerprint density at radius 2 is 1.91 bits per heavy atom. The van der Waals surface area contributed by atoms with Crippen molar-refractivity contribution in [2.45, 2.75) is 57.5 Å². The average Bonchev–Trinajstić information content (AvgIpc) is 2.86. The lowest BCUT2D eigenvalue weighted by molar-refractivity contribution is -0.128. The van der Waals surface area contributed by atoms with Gasteiger partial charge in [0.05, 0.1) is 11.6 Å². The quantitative estimate of drug-likeness (QED) is 0.890. The van der Waals surface area contributed by atoms with Gasteiger partial charge >= 0.3 is 0 Å². The van der Waals surface area contributed by atoms with Crippen molar-refractivity contribution in [3.05, 3.63) is 35.6 Å². The molecule has 4 nitrogen and oxygen atoms in total. The highest BCUT2D eigenvalue weighted by molar-refractivity contribution is 5.87. The molecule has 3 rings (SSSR count). The molecule has 1 saturated carbocycles. The van der Waals surface area contributed by atoms with Crippen molar-refractivity contribution in [3.8, 4) is 0 Å². The van der Waals surface area contributed by atoms with Gasteiger partial charge in [-0.3, -0.25) is 4.79 Å². The summed E-state index contributed by atoms with van der Waals surface area (Å²) < 4.78 is 5.93. The lowest BCUT2D eigenvalue weighted by Gasteiger charge is -2.32. The highest BCUT2D eigenvalue weighted by Gasteiger charge is 2.36. The minimum absolute atomic E-state index is 0. The second-order valence-electron chi connectivity index (χ2n) is 6.50. The van der Waals surface area contributed by atoms with Gasteiger partial charge in [0.25, 0.3) is 0 Å². The summed E-state index contributed by atoms with van der Waals surface area (Å²) in [4.78, 5) is 12.6. The summed E-state index contributed by atoms with van der Waals surface area (Å²) in [6, 6.07) is 7.76. The Balaban J connectivity index is 0.00000192. The molecule has 1 unspecified atom stereocenters. The normalized spacial score (nSPS) is 18.2. The Labute approximate surface area is 143 Å². The van der Waals surface area contributed by atoms with Gasteiger partial charge in [0.1, 0.15) is 11.3 Å². The molecule has 1 aromatic carbocycles. The molecular weight excluding hydrogens is 312 g/mol. The van der Waals surface area contributed by atoms with Gasteiger partial charge in [-0.1, -0.05) is 37.5 Å². The summed E-state index contributed by atoms with van der Waals surface area (Å²) in [6.07, 6.45) is 4.77. The number of carbonyl (C=O) groups excluding carboxylic acids is 1. The number of hydrogen-bond donors (Lipinski definition) is 2. The van der Waals surface area contributed by atoms with E-state index in [4.69, 9.17) is 10.2 Å². The maximum Gasteiger partial charge on any atom is 0.240 e. The maximum atomic E-state index is 12.6. The molecule has 5 heteroatoms. The summed E-state index contributed by atoms with van der Waals surface area (Å²) in [6.45, 7) is 3.98. The molecule has 0 spiro atoms.